The summed E-state index contributed by atoms with van der Waals surface area (Å²) in [4.78, 5) is 10.7. The molecule has 1 rings (SSSR count). The van der Waals surface area contributed by atoms with Crippen molar-refractivity contribution < 1.29 is 23.1 Å². The van der Waals surface area contributed by atoms with Crippen LogP contribution in [-0.2, 0) is 21.1 Å². The Balaban J connectivity index is 3.13. The van der Waals surface area contributed by atoms with Gasteiger partial charge in [0.2, 0.25) is 0 Å². The highest BCUT2D eigenvalue weighted by Crippen LogP contribution is 2.26. The van der Waals surface area contributed by atoms with Crippen molar-refractivity contribution in [2.24, 2.45) is 0 Å². The topological polar surface area (TPSA) is 80.7 Å². The molecule has 6 heteroatoms. The van der Waals surface area contributed by atoms with Crippen LogP contribution in [0.4, 0.5) is 0 Å². The van der Waals surface area contributed by atoms with E-state index in [1.165, 1.54) is 13.2 Å². The number of carbonyl (C=O) groups is 1. The molecular weight excluding hydrogens is 268 g/mol. The van der Waals surface area contributed by atoms with Crippen LogP contribution in [0.5, 0.6) is 5.75 Å². The third-order valence-corrected chi connectivity index (χ3v) is 4.60. The lowest BCUT2D eigenvalue weighted by Crippen LogP contribution is -2.08. The van der Waals surface area contributed by atoms with E-state index in [2.05, 4.69) is 0 Å². The zero-order valence-electron chi connectivity index (χ0n) is 11.0. The number of carboxylic acids is 1. The van der Waals surface area contributed by atoms with Gasteiger partial charge in [0.1, 0.15) is 10.6 Å². The van der Waals surface area contributed by atoms with E-state index in [0.29, 0.717) is 24.2 Å². The average Bonchev–Trinajstić information content (AvgIpc) is 2.36. The lowest BCUT2D eigenvalue weighted by atomic mass is 10.1. The van der Waals surface area contributed by atoms with E-state index in [4.69, 9.17) is 9.84 Å². The van der Waals surface area contributed by atoms with Crippen LogP contribution >= 0.6 is 0 Å². The molecule has 0 aliphatic rings. The molecule has 1 aromatic rings. The molecular formula is C13H18O5S. The Labute approximate surface area is 113 Å². The fraction of sp³-hybridized carbons (Fsp3) is 0.462. The van der Waals surface area contributed by atoms with Gasteiger partial charge in [-0.05, 0) is 30.5 Å². The first-order valence-corrected chi connectivity index (χ1v) is 7.67. The summed E-state index contributed by atoms with van der Waals surface area (Å²) in [5.74, 6) is -0.563. The zero-order valence-corrected chi connectivity index (χ0v) is 11.9. The molecule has 0 fully saturated rings. The minimum absolute atomic E-state index is 0.0282. The second-order valence-corrected chi connectivity index (χ2v) is 6.28. The molecule has 0 bridgehead atoms. The van der Waals surface area contributed by atoms with Crippen molar-refractivity contribution in [3.8, 4) is 5.75 Å². The number of methoxy groups -OCH3 is 1. The predicted octanol–water partition coefficient (Wildman–Crippen LogP) is 1.90. The second kappa shape index (κ2) is 6.56. The van der Waals surface area contributed by atoms with Gasteiger partial charge in [-0.1, -0.05) is 13.0 Å². The average molecular weight is 286 g/mol. The van der Waals surface area contributed by atoms with Crippen molar-refractivity contribution in [1.29, 1.82) is 0 Å². The Bertz CT molecular complexity index is 548. The van der Waals surface area contributed by atoms with Crippen molar-refractivity contribution in [2.45, 2.75) is 31.1 Å². The minimum Gasteiger partial charge on any atom is -0.495 e. The number of carboxylic acid groups (broad SMARTS) is 1. The van der Waals surface area contributed by atoms with Crippen LogP contribution in [-0.4, -0.2) is 32.4 Å². The Morgan fingerprint density at radius 1 is 1.37 bits per heavy atom. The van der Waals surface area contributed by atoms with Crippen LogP contribution in [0.3, 0.4) is 0 Å². The Kier molecular flexibility index (Phi) is 5.35. The Morgan fingerprint density at radius 2 is 2.05 bits per heavy atom. The molecule has 0 saturated carbocycles. The molecule has 0 heterocycles. The third-order valence-electron chi connectivity index (χ3n) is 2.66. The SMILES string of the molecule is CCCS(=O)(=O)c1cc(CCC(=O)O)ccc1OC. The smallest absolute Gasteiger partial charge is 0.303 e. The second-order valence-electron chi connectivity index (χ2n) is 4.20. The van der Waals surface area contributed by atoms with E-state index in [1.807, 2.05) is 0 Å². The number of benzene rings is 1. The molecule has 0 unspecified atom stereocenters. The summed E-state index contributed by atoms with van der Waals surface area (Å²) >= 11 is 0. The molecule has 0 aliphatic heterocycles. The highest BCUT2D eigenvalue weighted by molar-refractivity contribution is 7.91. The van der Waals surface area contributed by atoms with E-state index in [1.54, 1.807) is 19.1 Å². The first-order chi connectivity index (χ1) is 8.90. The third kappa shape index (κ3) is 4.24. The van der Waals surface area contributed by atoms with Gasteiger partial charge < -0.3 is 9.84 Å². The Morgan fingerprint density at radius 3 is 2.58 bits per heavy atom. The van der Waals surface area contributed by atoms with E-state index < -0.39 is 15.8 Å². The van der Waals surface area contributed by atoms with Crippen LogP contribution in [0.2, 0.25) is 0 Å². The van der Waals surface area contributed by atoms with Gasteiger partial charge in [0.15, 0.2) is 9.84 Å². The molecule has 5 nitrogen and oxygen atoms in total. The van der Waals surface area contributed by atoms with Gasteiger partial charge in [-0.3, -0.25) is 4.79 Å². The van der Waals surface area contributed by atoms with Gasteiger partial charge in [0.25, 0.3) is 0 Å². The molecule has 19 heavy (non-hydrogen) atoms. The number of rotatable bonds is 7. The van der Waals surface area contributed by atoms with Crippen molar-refractivity contribution in [1.82, 2.24) is 0 Å². The number of aryl methyl sites for hydroxylation is 1. The molecule has 0 spiro atoms. The number of sulfone groups is 1. The van der Waals surface area contributed by atoms with Gasteiger partial charge in [0, 0.05) is 6.42 Å². The zero-order chi connectivity index (χ0) is 14.5. The summed E-state index contributed by atoms with van der Waals surface area (Å²) in [7, 11) is -1.97. The molecule has 106 valence electrons. The van der Waals surface area contributed by atoms with E-state index in [-0.39, 0.29) is 17.1 Å². The van der Waals surface area contributed by atoms with Crippen molar-refractivity contribution in [2.75, 3.05) is 12.9 Å². The predicted molar refractivity (Wildman–Crippen MR) is 71.3 cm³/mol. The standard InChI is InChI=1S/C13H18O5S/c1-3-8-19(16,17)12-9-10(5-7-13(14)15)4-6-11(12)18-2/h4,6,9H,3,5,7-8H2,1-2H3,(H,14,15). The number of hydrogen-bond acceptors (Lipinski definition) is 4. The molecule has 0 aliphatic carbocycles. The van der Waals surface area contributed by atoms with Crippen LogP contribution < -0.4 is 4.74 Å². The van der Waals surface area contributed by atoms with Gasteiger partial charge >= 0.3 is 5.97 Å². The quantitative estimate of drug-likeness (QED) is 0.828. The van der Waals surface area contributed by atoms with Gasteiger partial charge in [-0.15, -0.1) is 0 Å². The summed E-state index contributed by atoms with van der Waals surface area (Å²) < 4.78 is 29.3. The van der Waals surface area contributed by atoms with Crippen molar-refractivity contribution >= 4 is 15.8 Å². The summed E-state index contributed by atoms with van der Waals surface area (Å²) in [6, 6.07) is 4.76. The lowest BCUT2D eigenvalue weighted by molar-refractivity contribution is -0.136. The summed E-state index contributed by atoms with van der Waals surface area (Å²) in [5, 5.41) is 8.65. The van der Waals surface area contributed by atoms with Crippen LogP contribution in [0.15, 0.2) is 23.1 Å². The largest absolute Gasteiger partial charge is 0.495 e. The van der Waals surface area contributed by atoms with E-state index in [9.17, 15) is 13.2 Å². The molecule has 0 amide bonds. The molecule has 0 atom stereocenters. The van der Waals surface area contributed by atoms with Gasteiger partial charge in [-0.25, -0.2) is 8.42 Å². The first-order valence-electron chi connectivity index (χ1n) is 6.02. The normalized spacial score (nSPS) is 11.3. The fourth-order valence-corrected chi connectivity index (χ4v) is 3.30. The van der Waals surface area contributed by atoms with E-state index >= 15 is 0 Å². The maximum Gasteiger partial charge on any atom is 0.303 e. The number of ether oxygens (including phenoxy) is 1. The molecule has 1 aromatic carbocycles. The van der Waals surface area contributed by atoms with Crippen LogP contribution in [0.1, 0.15) is 25.3 Å². The van der Waals surface area contributed by atoms with Crippen LogP contribution in [0, 0.1) is 0 Å². The number of hydrogen-bond donors (Lipinski definition) is 1. The fourth-order valence-electron chi connectivity index (χ4n) is 1.75. The highest BCUT2D eigenvalue weighted by Gasteiger charge is 2.19. The molecule has 1 N–H and O–H groups in total. The summed E-state index contributed by atoms with van der Waals surface area (Å²) in [6.07, 6.45) is 0.790. The van der Waals surface area contributed by atoms with Gasteiger partial charge in [0.05, 0.1) is 12.9 Å². The summed E-state index contributed by atoms with van der Waals surface area (Å²) in [5.41, 5.74) is 0.679. The highest BCUT2D eigenvalue weighted by atomic mass is 32.2. The molecule has 0 radical (unpaired) electrons. The molecule has 0 aromatic heterocycles. The Hall–Kier alpha value is -1.56. The van der Waals surface area contributed by atoms with E-state index in [0.717, 1.165) is 0 Å². The monoisotopic (exact) mass is 286 g/mol. The minimum atomic E-state index is -3.39. The van der Waals surface area contributed by atoms with Crippen LogP contribution in [0.25, 0.3) is 0 Å². The first kappa shape index (κ1) is 15.5. The maximum atomic E-state index is 12.1. The maximum absolute atomic E-state index is 12.1. The lowest BCUT2D eigenvalue weighted by Gasteiger charge is -2.10. The van der Waals surface area contributed by atoms with Crippen molar-refractivity contribution in [3.05, 3.63) is 23.8 Å². The molecule has 0 saturated heterocycles. The summed E-state index contributed by atoms with van der Waals surface area (Å²) in [6.45, 7) is 1.79. The van der Waals surface area contributed by atoms with Crippen molar-refractivity contribution in [3.63, 3.8) is 0 Å². The number of aliphatic carboxylic acids is 1. The van der Waals surface area contributed by atoms with Gasteiger partial charge in [-0.2, -0.15) is 0 Å².